The predicted molar refractivity (Wildman–Crippen MR) is 59.4 cm³/mol. The lowest BCUT2D eigenvalue weighted by Gasteiger charge is -2.23. The van der Waals surface area contributed by atoms with Crippen molar-refractivity contribution in [3.8, 4) is 0 Å². The van der Waals surface area contributed by atoms with Crippen LogP contribution >= 0.6 is 0 Å². The van der Waals surface area contributed by atoms with Gasteiger partial charge >= 0.3 is 0 Å². The molecule has 0 fully saturated rings. The fourth-order valence-electron chi connectivity index (χ4n) is 1.78. The standard InChI is InChI=1S/C11H18N2O/c1-4-7-11(2,3)8-5-6-9(12)13-10(8)14/h5-6H,4,7H2,1-3H3,(H3,12,13,14). The van der Waals surface area contributed by atoms with Crippen LogP contribution in [0.5, 0.6) is 0 Å². The summed E-state index contributed by atoms with van der Waals surface area (Å²) in [5, 5.41) is 0. The number of nitrogen functional groups attached to an aromatic ring is 1. The molecule has 78 valence electrons. The van der Waals surface area contributed by atoms with Crippen molar-refractivity contribution in [1.29, 1.82) is 0 Å². The second-order valence-electron chi connectivity index (χ2n) is 4.29. The molecule has 0 aromatic carbocycles. The summed E-state index contributed by atoms with van der Waals surface area (Å²) in [6.07, 6.45) is 2.07. The number of aromatic nitrogens is 1. The van der Waals surface area contributed by atoms with Crippen molar-refractivity contribution in [2.24, 2.45) is 0 Å². The van der Waals surface area contributed by atoms with E-state index >= 15 is 0 Å². The third-order valence-corrected chi connectivity index (χ3v) is 2.54. The number of H-pyrrole nitrogens is 1. The van der Waals surface area contributed by atoms with Crippen LogP contribution in [0.3, 0.4) is 0 Å². The molecule has 0 atom stereocenters. The predicted octanol–water partition coefficient (Wildman–Crippen LogP) is 2.03. The molecule has 3 heteroatoms. The zero-order valence-electron chi connectivity index (χ0n) is 9.05. The molecule has 1 rings (SSSR count). The van der Waals surface area contributed by atoms with Crippen molar-refractivity contribution in [2.75, 3.05) is 5.73 Å². The fourth-order valence-corrected chi connectivity index (χ4v) is 1.78. The number of aromatic amines is 1. The van der Waals surface area contributed by atoms with Crippen LogP contribution in [0.2, 0.25) is 0 Å². The van der Waals surface area contributed by atoms with Crippen LogP contribution in [0.1, 0.15) is 39.2 Å². The highest BCUT2D eigenvalue weighted by Crippen LogP contribution is 2.25. The van der Waals surface area contributed by atoms with Gasteiger partial charge in [0, 0.05) is 5.56 Å². The smallest absolute Gasteiger partial charge is 0.253 e. The zero-order valence-corrected chi connectivity index (χ0v) is 9.05. The maximum atomic E-state index is 11.6. The molecular formula is C11H18N2O. The number of hydrogen-bond acceptors (Lipinski definition) is 2. The Labute approximate surface area is 84.3 Å². The van der Waals surface area contributed by atoms with Gasteiger partial charge in [-0.1, -0.05) is 27.2 Å². The lowest BCUT2D eigenvalue weighted by atomic mass is 9.81. The van der Waals surface area contributed by atoms with Gasteiger partial charge in [-0.2, -0.15) is 0 Å². The van der Waals surface area contributed by atoms with Gasteiger partial charge in [0.2, 0.25) is 0 Å². The topological polar surface area (TPSA) is 58.9 Å². The number of nitrogens with one attached hydrogen (secondary N) is 1. The monoisotopic (exact) mass is 194 g/mol. The van der Waals surface area contributed by atoms with E-state index in [9.17, 15) is 4.79 Å². The molecule has 1 heterocycles. The summed E-state index contributed by atoms with van der Waals surface area (Å²) >= 11 is 0. The van der Waals surface area contributed by atoms with Crippen LogP contribution in [0.25, 0.3) is 0 Å². The van der Waals surface area contributed by atoms with Crippen molar-refractivity contribution >= 4 is 5.82 Å². The normalized spacial score (nSPS) is 11.6. The van der Waals surface area contributed by atoms with Crippen LogP contribution in [0, 0.1) is 0 Å². The van der Waals surface area contributed by atoms with Crippen molar-refractivity contribution in [3.05, 3.63) is 28.0 Å². The third kappa shape index (κ3) is 2.16. The molecule has 0 aliphatic heterocycles. The molecule has 1 aromatic heterocycles. The van der Waals surface area contributed by atoms with E-state index in [1.54, 1.807) is 6.07 Å². The van der Waals surface area contributed by atoms with E-state index in [0.717, 1.165) is 18.4 Å². The zero-order chi connectivity index (χ0) is 10.8. The summed E-state index contributed by atoms with van der Waals surface area (Å²) in [5.41, 5.74) is 6.16. The van der Waals surface area contributed by atoms with Crippen molar-refractivity contribution in [3.63, 3.8) is 0 Å². The highest BCUT2D eigenvalue weighted by atomic mass is 16.1. The Hall–Kier alpha value is -1.25. The number of rotatable bonds is 3. The van der Waals surface area contributed by atoms with Gasteiger partial charge in [0.1, 0.15) is 5.82 Å². The van der Waals surface area contributed by atoms with Gasteiger partial charge in [0.05, 0.1) is 0 Å². The van der Waals surface area contributed by atoms with Gasteiger partial charge in [-0.25, -0.2) is 0 Å². The van der Waals surface area contributed by atoms with Gasteiger partial charge in [0.15, 0.2) is 0 Å². The molecule has 3 N–H and O–H groups in total. The summed E-state index contributed by atoms with van der Waals surface area (Å²) < 4.78 is 0. The Balaban J connectivity index is 3.13. The number of hydrogen-bond donors (Lipinski definition) is 2. The molecule has 0 bridgehead atoms. The Morgan fingerprint density at radius 1 is 1.43 bits per heavy atom. The molecule has 0 aliphatic carbocycles. The quantitative estimate of drug-likeness (QED) is 0.773. The summed E-state index contributed by atoms with van der Waals surface area (Å²) in [6, 6.07) is 3.57. The van der Waals surface area contributed by atoms with E-state index in [1.165, 1.54) is 0 Å². The summed E-state index contributed by atoms with van der Waals surface area (Å²) in [7, 11) is 0. The molecule has 0 unspecified atom stereocenters. The molecule has 0 saturated carbocycles. The average molecular weight is 194 g/mol. The van der Waals surface area contributed by atoms with E-state index in [-0.39, 0.29) is 11.0 Å². The highest BCUT2D eigenvalue weighted by molar-refractivity contribution is 5.32. The molecule has 0 spiro atoms. The maximum Gasteiger partial charge on any atom is 0.253 e. The molecule has 0 aliphatic rings. The molecular weight excluding hydrogens is 176 g/mol. The first-order chi connectivity index (χ1) is 6.47. The largest absolute Gasteiger partial charge is 0.385 e. The molecule has 0 radical (unpaired) electrons. The minimum atomic E-state index is -0.0734. The second-order valence-corrected chi connectivity index (χ2v) is 4.29. The summed E-state index contributed by atoms with van der Waals surface area (Å²) in [6.45, 7) is 6.28. The van der Waals surface area contributed by atoms with E-state index in [1.807, 2.05) is 6.07 Å². The van der Waals surface area contributed by atoms with Crippen molar-refractivity contribution in [1.82, 2.24) is 4.98 Å². The Kier molecular flexibility index (Phi) is 2.99. The number of pyridine rings is 1. The number of nitrogens with two attached hydrogens (primary N) is 1. The van der Waals surface area contributed by atoms with Gasteiger partial charge < -0.3 is 10.7 Å². The highest BCUT2D eigenvalue weighted by Gasteiger charge is 2.22. The van der Waals surface area contributed by atoms with Gasteiger partial charge in [-0.3, -0.25) is 4.79 Å². The van der Waals surface area contributed by atoms with Crippen LogP contribution in [0.4, 0.5) is 5.82 Å². The molecule has 0 amide bonds. The van der Waals surface area contributed by atoms with Crippen LogP contribution < -0.4 is 11.3 Å². The van der Waals surface area contributed by atoms with Crippen molar-refractivity contribution in [2.45, 2.75) is 39.0 Å². The second kappa shape index (κ2) is 3.86. The van der Waals surface area contributed by atoms with Gasteiger partial charge in [0.25, 0.3) is 5.56 Å². The summed E-state index contributed by atoms with van der Waals surface area (Å²) in [4.78, 5) is 14.3. The first-order valence-electron chi connectivity index (χ1n) is 4.96. The van der Waals surface area contributed by atoms with E-state index in [0.29, 0.717) is 5.82 Å². The molecule has 14 heavy (non-hydrogen) atoms. The summed E-state index contributed by atoms with van der Waals surface area (Å²) in [5.74, 6) is 0.422. The minimum Gasteiger partial charge on any atom is -0.385 e. The van der Waals surface area contributed by atoms with Crippen molar-refractivity contribution < 1.29 is 0 Å². The average Bonchev–Trinajstić information content (AvgIpc) is 2.02. The van der Waals surface area contributed by atoms with Crippen LogP contribution in [-0.2, 0) is 5.41 Å². The molecule has 3 nitrogen and oxygen atoms in total. The fraction of sp³-hybridized carbons (Fsp3) is 0.545. The first kappa shape index (κ1) is 10.8. The van der Waals surface area contributed by atoms with Crippen LogP contribution in [0.15, 0.2) is 16.9 Å². The molecule has 1 aromatic rings. The third-order valence-electron chi connectivity index (χ3n) is 2.54. The van der Waals surface area contributed by atoms with E-state index in [2.05, 4.69) is 25.8 Å². The first-order valence-corrected chi connectivity index (χ1v) is 4.96. The SMILES string of the molecule is CCCC(C)(C)c1ccc(N)[nH]c1=O. The minimum absolute atomic E-state index is 0.0662. The van der Waals surface area contributed by atoms with Gasteiger partial charge in [-0.15, -0.1) is 0 Å². The van der Waals surface area contributed by atoms with E-state index < -0.39 is 0 Å². The number of anilines is 1. The lowest BCUT2D eigenvalue weighted by molar-refractivity contribution is 0.468. The molecule has 0 saturated heterocycles. The van der Waals surface area contributed by atoms with Crippen LogP contribution in [-0.4, -0.2) is 4.98 Å². The van der Waals surface area contributed by atoms with E-state index in [4.69, 9.17) is 5.73 Å². The lowest BCUT2D eigenvalue weighted by Crippen LogP contribution is -2.27. The van der Waals surface area contributed by atoms with Gasteiger partial charge in [-0.05, 0) is 24.0 Å². The Morgan fingerprint density at radius 3 is 2.57 bits per heavy atom. The Bertz CT molecular complexity index is 366. The maximum absolute atomic E-state index is 11.6. The Morgan fingerprint density at radius 2 is 2.07 bits per heavy atom.